The third-order valence-electron chi connectivity index (χ3n) is 3.59. The summed E-state index contributed by atoms with van der Waals surface area (Å²) >= 11 is 0. The molecule has 0 unspecified atom stereocenters. The first-order valence-electron chi connectivity index (χ1n) is 7.05. The lowest BCUT2D eigenvalue weighted by molar-refractivity contribution is 0.0969. The highest BCUT2D eigenvalue weighted by atomic mass is 16.2. The summed E-state index contributed by atoms with van der Waals surface area (Å²) in [7, 11) is 0. The van der Waals surface area contributed by atoms with Gasteiger partial charge in [0.25, 0.3) is 5.91 Å². The van der Waals surface area contributed by atoms with Crippen LogP contribution in [0, 0.1) is 0 Å². The van der Waals surface area contributed by atoms with E-state index in [1.54, 1.807) is 24.4 Å². The van der Waals surface area contributed by atoms with E-state index in [0.717, 1.165) is 17.1 Å². The molecule has 0 radical (unpaired) electrons. The number of fused-ring (bicyclic) bond motifs is 3. The highest BCUT2D eigenvalue weighted by molar-refractivity contribution is 6.19. The van der Waals surface area contributed by atoms with Crippen molar-refractivity contribution in [1.29, 1.82) is 0 Å². The van der Waals surface area contributed by atoms with Crippen LogP contribution in [0.1, 0.15) is 16.1 Å². The Morgan fingerprint density at radius 3 is 2.86 bits per heavy atom. The molecule has 3 heterocycles. The number of hydrogen-bond donors (Lipinski definition) is 1. The molecule has 2 aliphatic rings. The number of hydrogen-bond acceptors (Lipinski definition) is 5. The summed E-state index contributed by atoms with van der Waals surface area (Å²) in [6.07, 6.45) is 1.59. The molecule has 6 nitrogen and oxygen atoms in total. The van der Waals surface area contributed by atoms with Crippen molar-refractivity contribution < 1.29 is 4.79 Å². The molecule has 6 heteroatoms. The number of benzene rings is 1. The van der Waals surface area contributed by atoms with Gasteiger partial charge in [0, 0.05) is 18.3 Å². The van der Waals surface area contributed by atoms with Crippen molar-refractivity contribution in [3.8, 4) is 0 Å². The Morgan fingerprint density at radius 2 is 2.00 bits per heavy atom. The van der Waals surface area contributed by atoms with Gasteiger partial charge in [-0.2, -0.15) is 0 Å². The third kappa shape index (κ3) is 2.05. The van der Waals surface area contributed by atoms with Gasteiger partial charge in [0.15, 0.2) is 0 Å². The summed E-state index contributed by atoms with van der Waals surface area (Å²) in [5.74, 6) is 1.09. The molecule has 0 atom stereocenters. The number of rotatable bonds is 1. The first-order valence-corrected chi connectivity index (χ1v) is 7.05. The fourth-order valence-electron chi connectivity index (χ4n) is 2.58. The van der Waals surface area contributed by atoms with E-state index in [1.807, 2.05) is 29.2 Å². The molecule has 0 fully saturated rings. The number of guanidine groups is 1. The van der Waals surface area contributed by atoms with Crippen molar-refractivity contribution in [2.45, 2.75) is 0 Å². The Labute approximate surface area is 127 Å². The largest absolute Gasteiger partial charge is 0.294 e. The first kappa shape index (κ1) is 12.7. The number of nitrogens with one attached hydrogen (secondary N) is 1. The van der Waals surface area contributed by atoms with Crippen LogP contribution in [0.3, 0.4) is 0 Å². The first-order chi connectivity index (χ1) is 10.8. The average Bonchev–Trinajstić information content (AvgIpc) is 3.06. The molecule has 4 rings (SSSR count). The maximum Gasteiger partial charge on any atom is 0.276 e. The summed E-state index contributed by atoms with van der Waals surface area (Å²) in [6.45, 7) is 1.41. The summed E-state index contributed by atoms with van der Waals surface area (Å²) < 4.78 is 0. The monoisotopic (exact) mass is 291 g/mol. The Kier molecular flexibility index (Phi) is 2.93. The van der Waals surface area contributed by atoms with Crippen LogP contribution >= 0.6 is 0 Å². The van der Waals surface area contributed by atoms with Crippen molar-refractivity contribution in [2.24, 2.45) is 9.98 Å². The van der Waals surface area contributed by atoms with Gasteiger partial charge in [0.05, 0.1) is 12.2 Å². The van der Waals surface area contributed by atoms with Gasteiger partial charge in [-0.3, -0.25) is 25.0 Å². The quantitative estimate of drug-likeness (QED) is 0.867. The van der Waals surface area contributed by atoms with Gasteiger partial charge < -0.3 is 0 Å². The minimum absolute atomic E-state index is 0.273. The predicted molar refractivity (Wildman–Crippen MR) is 83.4 cm³/mol. The summed E-state index contributed by atoms with van der Waals surface area (Å²) in [5.41, 5.74) is 2.17. The molecule has 22 heavy (non-hydrogen) atoms. The Balaban J connectivity index is 1.69. The number of amides is 1. The molecule has 0 saturated heterocycles. The zero-order chi connectivity index (χ0) is 14.9. The van der Waals surface area contributed by atoms with Crippen molar-refractivity contribution in [3.05, 3.63) is 59.9 Å². The molecule has 0 bridgehead atoms. The fourth-order valence-corrected chi connectivity index (χ4v) is 2.58. The molecule has 0 spiro atoms. The van der Waals surface area contributed by atoms with Gasteiger partial charge in [-0.05, 0) is 24.3 Å². The standard InChI is InChI=1S/C16H13N5O/c22-15(13-7-3-4-8-17-13)20-16-19-12-6-2-1-5-11(12)14-18-9-10-21(14)16/h1-8H,9-10H2,(H,19,20,22). The second kappa shape index (κ2) is 5.07. The van der Waals surface area contributed by atoms with Crippen molar-refractivity contribution in [2.75, 3.05) is 13.1 Å². The lowest BCUT2D eigenvalue weighted by atomic mass is 10.1. The van der Waals surface area contributed by atoms with E-state index < -0.39 is 0 Å². The van der Waals surface area contributed by atoms with Gasteiger partial charge >= 0.3 is 0 Å². The Bertz CT molecular complexity index is 797. The lowest BCUT2D eigenvalue weighted by Crippen LogP contribution is -2.47. The molecule has 1 amide bonds. The van der Waals surface area contributed by atoms with Crippen LogP contribution < -0.4 is 5.32 Å². The van der Waals surface area contributed by atoms with Gasteiger partial charge in [0.1, 0.15) is 11.5 Å². The molecule has 2 aromatic rings. The van der Waals surface area contributed by atoms with E-state index >= 15 is 0 Å². The zero-order valence-corrected chi connectivity index (χ0v) is 11.7. The maximum atomic E-state index is 12.3. The molecule has 108 valence electrons. The van der Waals surface area contributed by atoms with Crippen LogP contribution in [0.25, 0.3) is 0 Å². The highest BCUT2D eigenvalue weighted by Gasteiger charge is 2.30. The molecular formula is C16H13N5O. The number of pyridine rings is 1. The molecule has 0 saturated carbocycles. The molecular weight excluding hydrogens is 278 g/mol. The minimum Gasteiger partial charge on any atom is -0.294 e. The van der Waals surface area contributed by atoms with Crippen LogP contribution in [0.5, 0.6) is 0 Å². The summed E-state index contributed by atoms with van der Waals surface area (Å²) in [4.78, 5) is 27.4. The molecule has 1 aromatic carbocycles. The topological polar surface area (TPSA) is 70.0 Å². The van der Waals surface area contributed by atoms with Crippen molar-refractivity contribution in [1.82, 2.24) is 15.2 Å². The molecule has 0 aliphatic carbocycles. The van der Waals surface area contributed by atoms with Crippen LogP contribution in [0.2, 0.25) is 0 Å². The number of nitrogens with zero attached hydrogens (tertiary/aromatic N) is 4. The maximum absolute atomic E-state index is 12.3. The summed E-state index contributed by atoms with van der Waals surface area (Å²) in [5, 5.41) is 2.84. The van der Waals surface area contributed by atoms with Gasteiger partial charge in [-0.25, -0.2) is 4.99 Å². The lowest BCUT2D eigenvalue weighted by Gasteiger charge is -2.27. The van der Waals surface area contributed by atoms with Gasteiger partial charge in [-0.15, -0.1) is 0 Å². The van der Waals surface area contributed by atoms with Crippen LogP contribution in [0.15, 0.2) is 58.6 Å². The Hall–Kier alpha value is -3.02. The van der Waals surface area contributed by atoms with Crippen LogP contribution in [-0.4, -0.2) is 40.7 Å². The number of carbonyl (C=O) groups excluding carboxylic acids is 1. The van der Waals surface area contributed by atoms with Crippen LogP contribution in [0.4, 0.5) is 5.69 Å². The average molecular weight is 291 g/mol. The normalized spacial score (nSPS) is 15.5. The van der Waals surface area contributed by atoms with Gasteiger partial charge in [0.2, 0.25) is 5.96 Å². The van der Waals surface area contributed by atoms with Crippen molar-refractivity contribution in [3.63, 3.8) is 0 Å². The van der Waals surface area contributed by atoms with E-state index in [4.69, 9.17) is 0 Å². The van der Waals surface area contributed by atoms with E-state index in [9.17, 15) is 4.79 Å². The van der Waals surface area contributed by atoms with E-state index in [1.165, 1.54) is 0 Å². The zero-order valence-electron chi connectivity index (χ0n) is 11.7. The van der Waals surface area contributed by atoms with E-state index in [-0.39, 0.29) is 5.91 Å². The summed E-state index contributed by atoms with van der Waals surface area (Å²) in [6, 6.07) is 13.0. The van der Waals surface area contributed by atoms with E-state index in [0.29, 0.717) is 24.7 Å². The third-order valence-corrected chi connectivity index (χ3v) is 3.59. The van der Waals surface area contributed by atoms with Crippen molar-refractivity contribution >= 4 is 23.4 Å². The molecule has 1 N–H and O–H groups in total. The molecule has 2 aliphatic heterocycles. The van der Waals surface area contributed by atoms with Crippen LogP contribution in [-0.2, 0) is 0 Å². The fraction of sp³-hybridized carbons (Fsp3) is 0.125. The number of para-hydroxylation sites is 1. The minimum atomic E-state index is -0.273. The second-order valence-corrected chi connectivity index (χ2v) is 4.98. The highest BCUT2D eigenvalue weighted by Crippen LogP contribution is 2.27. The molecule has 1 aromatic heterocycles. The second-order valence-electron chi connectivity index (χ2n) is 4.98. The number of amidine groups is 1. The van der Waals surface area contributed by atoms with E-state index in [2.05, 4.69) is 20.3 Å². The Morgan fingerprint density at radius 1 is 1.14 bits per heavy atom. The predicted octanol–water partition coefficient (Wildman–Crippen LogP) is 1.57. The van der Waals surface area contributed by atoms with Gasteiger partial charge in [-0.1, -0.05) is 18.2 Å². The smallest absolute Gasteiger partial charge is 0.276 e. The number of carbonyl (C=O) groups is 1. The SMILES string of the molecule is O=C(NC1=Nc2ccccc2C2=NCCN12)c1ccccn1. The number of aliphatic imine (C=N–C) groups is 2. The number of aromatic nitrogens is 1.